The topological polar surface area (TPSA) is 132 Å². The minimum Gasteiger partial charge on any atom is -0.492 e. The first-order chi connectivity index (χ1) is 21.1. The van der Waals surface area contributed by atoms with Gasteiger partial charge in [-0.3, -0.25) is 14.6 Å². The van der Waals surface area contributed by atoms with Crippen molar-refractivity contribution in [3.05, 3.63) is 59.5 Å². The molecule has 1 fully saturated rings. The Morgan fingerprint density at radius 2 is 1.84 bits per heavy atom. The molecule has 0 radical (unpaired) electrons. The van der Waals surface area contributed by atoms with Crippen molar-refractivity contribution >= 4 is 68.2 Å². The predicted molar refractivity (Wildman–Crippen MR) is 173 cm³/mol. The van der Waals surface area contributed by atoms with Crippen LogP contribution in [0.15, 0.2) is 53.7 Å². The van der Waals surface area contributed by atoms with Gasteiger partial charge in [-0.15, -0.1) is 0 Å². The summed E-state index contributed by atoms with van der Waals surface area (Å²) in [6.07, 6.45) is 8.27. The number of aryl methyl sites for hydroxylation is 1. The molecule has 0 spiro atoms. The van der Waals surface area contributed by atoms with Gasteiger partial charge in [-0.2, -0.15) is 10.1 Å². The number of ether oxygens (including phenoxy) is 2. The third-order valence-corrected chi connectivity index (χ3v) is 9.25. The molecule has 2 aromatic carbocycles. The minimum absolute atomic E-state index is 0.0217. The van der Waals surface area contributed by atoms with Crippen LogP contribution in [0.5, 0.6) is 5.75 Å². The van der Waals surface area contributed by atoms with Gasteiger partial charge in [0.25, 0.3) is 0 Å². The van der Waals surface area contributed by atoms with E-state index in [0.717, 1.165) is 5.56 Å². The summed E-state index contributed by atoms with van der Waals surface area (Å²) >= 11 is 3.51. The largest absolute Gasteiger partial charge is 0.492 e. The van der Waals surface area contributed by atoms with Crippen LogP contribution in [-0.2, 0) is 16.3 Å². The van der Waals surface area contributed by atoms with Crippen LogP contribution in [0, 0.1) is 5.82 Å². The van der Waals surface area contributed by atoms with E-state index in [1.54, 1.807) is 48.9 Å². The summed E-state index contributed by atoms with van der Waals surface area (Å²) in [6, 6.07) is 5.42. The van der Waals surface area contributed by atoms with Gasteiger partial charge in [0.05, 0.1) is 58.9 Å². The van der Waals surface area contributed by atoms with E-state index >= 15 is 4.39 Å². The van der Waals surface area contributed by atoms with Gasteiger partial charge in [0.1, 0.15) is 18.5 Å². The molecule has 3 aromatic heterocycles. The highest BCUT2D eigenvalue weighted by Gasteiger charge is 2.27. The number of nitrogens with one attached hydrogen (secondary N) is 2. The Kier molecular flexibility index (Phi) is 8.23. The molecule has 228 valence electrons. The molecule has 0 bridgehead atoms. The molecule has 0 saturated carbocycles. The summed E-state index contributed by atoms with van der Waals surface area (Å²) in [5.41, 5.74) is 3.90. The van der Waals surface area contributed by atoms with E-state index in [2.05, 4.69) is 51.6 Å². The lowest BCUT2D eigenvalue weighted by molar-refractivity contribution is 0.122. The fraction of sp³-hybridized carbons (Fsp3) is 0.276. The van der Waals surface area contributed by atoms with Gasteiger partial charge in [0, 0.05) is 56.1 Å². The highest BCUT2D eigenvalue weighted by atomic mass is 79.9. The van der Waals surface area contributed by atoms with Crippen LogP contribution in [0.25, 0.3) is 22.2 Å². The molecule has 4 heterocycles. The monoisotopic (exact) mass is 681 g/mol. The molecule has 5 aromatic rings. The lowest BCUT2D eigenvalue weighted by atomic mass is 10.0. The summed E-state index contributed by atoms with van der Waals surface area (Å²) in [4.78, 5) is 19.8. The smallest absolute Gasteiger partial charge is 0.229 e. The zero-order chi connectivity index (χ0) is 31.0. The molecule has 15 heteroatoms. The molecule has 44 heavy (non-hydrogen) atoms. The molecule has 0 unspecified atom stereocenters. The molecule has 2 N–H and O–H groups in total. The number of morpholine rings is 1. The van der Waals surface area contributed by atoms with Crippen molar-refractivity contribution in [3.8, 4) is 16.9 Å². The van der Waals surface area contributed by atoms with Gasteiger partial charge < -0.3 is 29.6 Å². The van der Waals surface area contributed by atoms with E-state index in [4.69, 9.17) is 9.47 Å². The number of anilines is 5. The van der Waals surface area contributed by atoms with Crippen LogP contribution < -0.4 is 25.6 Å². The van der Waals surface area contributed by atoms with E-state index in [1.165, 1.54) is 7.11 Å². The molecular weight excluding hydrogens is 652 g/mol. The molecule has 0 amide bonds. The molecule has 1 aliphatic rings. The number of hydrogen-bond donors (Lipinski definition) is 2. The predicted octanol–water partition coefficient (Wildman–Crippen LogP) is 5.30. The molecular formula is C29H30BrFN9O3P. The van der Waals surface area contributed by atoms with Crippen molar-refractivity contribution in [2.75, 3.05) is 62.3 Å². The highest BCUT2D eigenvalue weighted by Crippen LogP contribution is 2.44. The zero-order valence-electron chi connectivity index (χ0n) is 24.5. The number of methoxy groups -OCH3 is 1. The normalized spacial score (nSPS) is 13.7. The Hall–Kier alpha value is -4.13. The number of aromatic nitrogens is 6. The van der Waals surface area contributed by atoms with Crippen molar-refractivity contribution in [2.45, 2.75) is 0 Å². The van der Waals surface area contributed by atoms with Gasteiger partial charge in [0.15, 0.2) is 11.6 Å². The standard InChI is InChI=1S/C29H30BrFN9O3P/c1-39-16-17(14-35-39)18-13-22(26(42-2)23(31)25(18)40-9-11-43-12-10-40)37-29-34-15-19(30)28(38-29)36-21-6-5-20-24(33-8-7-32-20)27(21)44(3,4)41/h5-8,13-16H,9-12H2,1-4H3,(H2,34,36,37,38). The Labute approximate surface area is 261 Å². The van der Waals surface area contributed by atoms with E-state index in [-0.39, 0.29) is 11.7 Å². The average Bonchev–Trinajstić information content (AvgIpc) is 3.44. The molecule has 0 atom stereocenters. The first-order valence-corrected chi connectivity index (χ1v) is 17.1. The Morgan fingerprint density at radius 1 is 1.07 bits per heavy atom. The maximum absolute atomic E-state index is 16.3. The maximum atomic E-state index is 16.3. The van der Waals surface area contributed by atoms with Crippen LogP contribution >= 0.6 is 23.1 Å². The first-order valence-electron chi connectivity index (χ1n) is 13.7. The molecule has 12 nitrogen and oxygen atoms in total. The zero-order valence-corrected chi connectivity index (χ0v) is 27.0. The summed E-state index contributed by atoms with van der Waals surface area (Å²) < 4.78 is 43.0. The minimum atomic E-state index is -2.80. The van der Waals surface area contributed by atoms with E-state index in [9.17, 15) is 4.57 Å². The van der Waals surface area contributed by atoms with Crippen LogP contribution in [0.1, 0.15) is 0 Å². The number of benzene rings is 2. The van der Waals surface area contributed by atoms with E-state index in [0.29, 0.717) is 75.6 Å². The maximum Gasteiger partial charge on any atom is 0.229 e. The van der Waals surface area contributed by atoms with Crippen molar-refractivity contribution in [3.63, 3.8) is 0 Å². The number of rotatable bonds is 8. The number of nitrogens with zero attached hydrogens (tertiary/aromatic N) is 7. The van der Waals surface area contributed by atoms with Gasteiger partial charge in [-0.1, -0.05) is 0 Å². The Morgan fingerprint density at radius 3 is 2.55 bits per heavy atom. The third-order valence-electron chi connectivity index (χ3n) is 7.14. The second-order valence-electron chi connectivity index (χ2n) is 10.5. The lowest BCUT2D eigenvalue weighted by Crippen LogP contribution is -2.37. The first kappa shape index (κ1) is 29.9. The van der Waals surface area contributed by atoms with Gasteiger partial charge in [-0.05, 0) is 47.5 Å². The number of fused-ring (bicyclic) bond motifs is 1. The quantitative estimate of drug-likeness (QED) is 0.207. The second-order valence-corrected chi connectivity index (χ2v) is 14.5. The fourth-order valence-electron chi connectivity index (χ4n) is 5.22. The van der Waals surface area contributed by atoms with Crippen LogP contribution in [-0.4, -0.2) is 76.5 Å². The number of hydrogen-bond acceptors (Lipinski definition) is 11. The van der Waals surface area contributed by atoms with E-state index in [1.807, 2.05) is 30.3 Å². The summed E-state index contributed by atoms with van der Waals surface area (Å²) in [5.74, 6) is 0.0889. The van der Waals surface area contributed by atoms with Crippen molar-refractivity contribution < 1.29 is 18.4 Å². The van der Waals surface area contributed by atoms with E-state index < -0.39 is 13.0 Å². The van der Waals surface area contributed by atoms with Gasteiger partial charge in [0.2, 0.25) is 5.95 Å². The second kappa shape index (κ2) is 12.1. The van der Waals surface area contributed by atoms with Crippen LogP contribution in [0.4, 0.5) is 33.2 Å². The third kappa shape index (κ3) is 5.84. The average molecular weight is 682 g/mol. The summed E-state index contributed by atoms with van der Waals surface area (Å²) in [7, 11) is 0.428. The fourth-order valence-corrected chi connectivity index (χ4v) is 6.91. The molecule has 1 aliphatic heterocycles. The van der Waals surface area contributed by atoms with Crippen molar-refractivity contribution in [1.29, 1.82) is 0 Å². The lowest BCUT2D eigenvalue weighted by Gasteiger charge is -2.31. The summed E-state index contributed by atoms with van der Waals surface area (Å²) in [5, 5.41) is 11.3. The van der Waals surface area contributed by atoms with Crippen molar-refractivity contribution in [1.82, 2.24) is 29.7 Å². The summed E-state index contributed by atoms with van der Waals surface area (Å²) in [6.45, 7) is 5.43. The van der Waals surface area contributed by atoms with Gasteiger partial charge in [-0.25, -0.2) is 9.37 Å². The van der Waals surface area contributed by atoms with Crippen molar-refractivity contribution in [2.24, 2.45) is 7.05 Å². The molecule has 6 rings (SSSR count). The highest BCUT2D eigenvalue weighted by molar-refractivity contribution is 9.10. The SMILES string of the molecule is COc1c(Nc2ncc(Br)c(Nc3ccc4nccnc4c3P(C)(C)=O)n2)cc(-c2cnn(C)c2)c(N2CCOCC2)c1F. The molecule has 0 aliphatic carbocycles. The Balaban J connectivity index is 1.41. The van der Waals surface area contributed by atoms with Gasteiger partial charge >= 0.3 is 0 Å². The number of halogens is 2. The van der Waals surface area contributed by atoms with Crippen LogP contribution in [0.2, 0.25) is 0 Å². The molecule has 1 saturated heterocycles. The van der Waals surface area contributed by atoms with Crippen LogP contribution in [0.3, 0.4) is 0 Å². The Bertz CT molecular complexity index is 1910.